The van der Waals surface area contributed by atoms with E-state index >= 15 is 0 Å². The highest BCUT2D eigenvalue weighted by molar-refractivity contribution is 5.81. The fourth-order valence-corrected chi connectivity index (χ4v) is 2.53. The summed E-state index contributed by atoms with van der Waals surface area (Å²) in [5, 5.41) is 2.75. The molecule has 0 radical (unpaired) electrons. The molecule has 2 rings (SSSR count). The number of hydrogen-bond donors (Lipinski definition) is 1. The third-order valence-corrected chi connectivity index (χ3v) is 3.60. The number of nitrogens with one attached hydrogen (secondary N) is 1. The van der Waals surface area contributed by atoms with Crippen LogP contribution < -0.4 is 5.32 Å². The van der Waals surface area contributed by atoms with E-state index in [0.29, 0.717) is 24.7 Å². The lowest BCUT2D eigenvalue weighted by molar-refractivity contribution is -0.146. The number of amides is 1. The molecule has 0 bridgehead atoms. The summed E-state index contributed by atoms with van der Waals surface area (Å²) in [6, 6.07) is 0.109. The van der Waals surface area contributed by atoms with Crippen LogP contribution in [0.3, 0.4) is 0 Å². The van der Waals surface area contributed by atoms with Crippen LogP contribution in [0, 0.1) is 5.92 Å². The minimum absolute atomic E-state index is 0.0983. The summed E-state index contributed by atoms with van der Waals surface area (Å²) in [6.45, 7) is 4.26. The molecule has 1 aliphatic carbocycles. The Morgan fingerprint density at radius 2 is 2.05 bits per heavy atom. The molecule has 5 nitrogen and oxygen atoms in total. The van der Waals surface area contributed by atoms with E-state index in [4.69, 9.17) is 9.47 Å². The van der Waals surface area contributed by atoms with Gasteiger partial charge in [0.15, 0.2) is 0 Å². The number of ether oxygens (including phenoxy) is 2. The van der Waals surface area contributed by atoms with Gasteiger partial charge in [-0.25, -0.2) is 0 Å². The van der Waals surface area contributed by atoms with E-state index in [1.54, 1.807) is 0 Å². The van der Waals surface area contributed by atoms with E-state index < -0.39 is 0 Å². The molecule has 1 saturated heterocycles. The molecule has 2 fully saturated rings. The summed E-state index contributed by atoms with van der Waals surface area (Å²) in [5.74, 6) is 0.0498. The summed E-state index contributed by atoms with van der Waals surface area (Å²) in [5.41, 5.74) is 0. The van der Waals surface area contributed by atoms with Crippen molar-refractivity contribution in [2.24, 2.45) is 5.92 Å². The highest BCUT2D eigenvalue weighted by Gasteiger charge is 2.43. The number of fused-ring (bicyclic) bond motifs is 1. The van der Waals surface area contributed by atoms with E-state index in [1.807, 2.05) is 13.8 Å². The summed E-state index contributed by atoms with van der Waals surface area (Å²) in [6.07, 6.45) is 4.42. The number of esters is 1. The molecule has 0 aromatic carbocycles. The first-order valence-electron chi connectivity index (χ1n) is 7.15. The topological polar surface area (TPSA) is 67.9 Å². The molecular formula is C14H23NO4. The van der Waals surface area contributed by atoms with Gasteiger partial charge in [-0.05, 0) is 39.0 Å². The fraction of sp³-hybridized carbons (Fsp3) is 0.857. The summed E-state index contributed by atoms with van der Waals surface area (Å²) in [4.78, 5) is 22.9. The van der Waals surface area contributed by atoms with Gasteiger partial charge in [-0.1, -0.05) is 0 Å². The standard InChI is InChI=1S/C14H23NO4/c1-9(2)15-13(16)5-6-14(17)18-8-10-3-4-11-12(7-10)19-11/h9-12H,3-8H2,1-2H3,(H,15,16). The number of epoxide rings is 1. The van der Waals surface area contributed by atoms with Crippen molar-refractivity contribution in [2.75, 3.05) is 6.61 Å². The Morgan fingerprint density at radius 1 is 1.26 bits per heavy atom. The van der Waals surface area contributed by atoms with E-state index in [1.165, 1.54) is 0 Å². The van der Waals surface area contributed by atoms with Crippen LogP contribution in [0.5, 0.6) is 0 Å². The quantitative estimate of drug-likeness (QED) is 0.584. The van der Waals surface area contributed by atoms with Gasteiger partial charge >= 0.3 is 5.97 Å². The van der Waals surface area contributed by atoms with Gasteiger partial charge in [-0.15, -0.1) is 0 Å². The van der Waals surface area contributed by atoms with E-state index in [9.17, 15) is 9.59 Å². The van der Waals surface area contributed by atoms with Gasteiger partial charge in [0, 0.05) is 12.5 Å². The Labute approximate surface area is 114 Å². The van der Waals surface area contributed by atoms with Gasteiger partial charge in [-0.2, -0.15) is 0 Å². The lowest BCUT2D eigenvalue weighted by Crippen LogP contribution is -2.30. The van der Waals surface area contributed by atoms with Gasteiger partial charge in [0.2, 0.25) is 5.91 Å². The zero-order chi connectivity index (χ0) is 13.8. The predicted octanol–water partition coefficient (Wildman–Crippen LogP) is 1.40. The first kappa shape index (κ1) is 14.3. The predicted molar refractivity (Wildman–Crippen MR) is 69.5 cm³/mol. The molecule has 0 spiro atoms. The van der Waals surface area contributed by atoms with Gasteiger partial charge in [-0.3, -0.25) is 9.59 Å². The van der Waals surface area contributed by atoms with Crippen LogP contribution in [-0.4, -0.2) is 36.7 Å². The number of carbonyl (C=O) groups excluding carboxylic acids is 2. The first-order valence-corrected chi connectivity index (χ1v) is 7.15. The van der Waals surface area contributed by atoms with E-state index in [-0.39, 0.29) is 30.8 Å². The van der Waals surface area contributed by atoms with Gasteiger partial charge in [0.25, 0.3) is 0 Å². The molecule has 108 valence electrons. The van der Waals surface area contributed by atoms with Crippen molar-refractivity contribution in [1.82, 2.24) is 5.32 Å². The highest BCUT2D eigenvalue weighted by Crippen LogP contribution is 2.39. The van der Waals surface area contributed by atoms with Crippen LogP contribution in [0.4, 0.5) is 0 Å². The first-order chi connectivity index (χ1) is 9.04. The van der Waals surface area contributed by atoms with E-state index in [0.717, 1.165) is 19.3 Å². The Hall–Kier alpha value is -1.10. The summed E-state index contributed by atoms with van der Waals surface area (Å²) < 4.78 is 10.7. The number of rotatable bonds is 6. The van der Waals surface area contributed by atoms with Crippen LogP contribution in [0.15, 0.2) is 0 Å². The molecule has 1 aliphatic heterocycles. The molecule has 2 aliphatic rings. The number of hydrogen-bond acceptors (Lipinski definition) is 4. The zero-order valence-electron chi connectivity index (χ0n) is 11.7. The Balaban J connectivity index is 1.55. The van der Waals surface area contributed by atoms with Crippen LogP contribution in [0.25, 0.3) is 0 Å². The van der Waals surface area contributed by atoms with Crippen molar-refractivity contribution >= 4 is 11.9 Å². The molecule has 0 aromatic heterocycles. The monoisotopic (exact) mass is 269 g/mol. The minimum Gasteiger partial charge on any atom is -0.465 e. The van der Waals surface area contributed by atoms with Crippen LogP contribution in [-0.2, 0) is 19.1 Å². The smallest absolute Gasteiger partial charge is 0.306 e. The van der Waals surface area contributed by atoms with Crippen molar-refractivity contribution in [3.05, 3.63) is 0 Å². The molecule has 0 aromatic rings. The van der Waals surface area contributed by atoms with Crippen molar-refractivity contribution in [1.29, 1.82) is 0 Å². The maximum absolute atomic E-state index is 11.5. The average Bonchev–Trinajstić information content (AvgIpc) is 3.11. The normalized spacial score (nSPS) is 28.7. The third-order valence-electron chi connectivity index (χ3n) is 3.60. The Kier molecular flexibility index (Phi) is 4.80. The van der Waals surface area contributed by atoms with Crippen molar-refractivity contribution in [2.45, 2.75) is 64.2 Å². The van der Waals surface area contributed by atoms with Crippen molar-refractivity contribution in [3.63, 3.8) is 0 Å². The maximum atomic E-state index is 11.5. The largest absolute Gasteiger partial charge is 0.465 e. The molecule has 1 N–H and O–H groups in total. The summed E-state index contributed by atoms with van der Waals surface area (Å²) in [7, 11) is 0. The van der Waals surface area contributed by atoms with Crippen LogP contribution in [0.1, 0.15) is 46.0 Å². The van der Waals surface area contributed by atoms with E-state index in [2.05, 4.69) is 5.32 Å². The zero-order valence-corrected chi connectivity index (χ0v) is 11.7. The molecule has 1 amide bonds. The minimum atomic E-state index is -0.280. The van der Waals surface area contributed by atoms with Gasteiger partial charge in [0.05, 0.1) is 25.2 Å². The van der Waals surface area contributed by atoms with Crippen LogP contribution in [0.2, 0.25) is 0 Å². The fourth-order valence-electron chi connectivity index (χ4n) is 2.53. The second-order valence-corrected chi connectivity index (χ2v) is 5.80. The molecule has 3 unspecified atom stereocenters. The molecule has 1 saturated carbocycles. The third kappa shape index (κ3) is 4.82. The van der Waals surface area contributed by atoms with Crippen LogP contribution >= 0.6 is 0 Å². The summed E-state index contributed by atoms with van der Waals surface area (Å²) >= 11 is 0. The lowest BCUT2D eigenvalue weighted by Gasteiger charge is -2.18. The maximum Gasteiger partial charge on any atom is 0.306 e. The Morgan fingerprint density at radius 3 is 2.74 bits per heavy atom. The second kappa shape index (κ2) is 6.37. The average molecular weight is 269 g/mol. The van der Waals surface area contributed by atoms with Crippen molar-refractivity contribution in [3.8, 4) is 0 Å². The molecule has 1 heterocycles. The van der Waals surface area contributed by atoms with Gasteiger partial charge < -0.3 is 14.8 Å². The van der Waals surface area contributed by atoms with Gasteiger partial charge in [0.1, 0.15) is 0 Å². The molecular weight excluding hydrogens is 246 g/mol. The Bertz CT molecular complexity index is 342. The highest BCUT2D eigenvalue weighted by atomic mass is 16.6. The molecule has 5 heteroatoms. The van der Waals surface area contributed by atoms with Crippen molar-refractivity contribution < 1.29 is 19.1 Å². The SMILES string of the molecule is CC(C)NC(=O)CCC(=O)OCC1CCC2OC2C1. The molecule has 3 atom stereocenters. The number of carbonyl (C=O) groups is 2. The second-order valence-electron chi connectivity index (χ2n) is 5.80. The molecule has 19 heavy (non-hydrogen) atoms. The lowest BCUT2D eigenvalue weighted by atomic mass is 9.90.